The van der Waals surface area contributed by atoms with E-state index < -0.39 is 18.0 Å². The molecule has 4 fully saturated rings. The van der Waals surface area contributed by atoms with E-state index in [9.17, 15) is 15.0 Å². The van der Waals surface area contributed by atoms with Crippen LogP contribution in [-0.4, -0.2) is 27.8 Å². The fourth-order valence-corrected chi connectivity index (χ4v) is 7.61. The van der Waals surface area contributed by atoms with Crippen LogP contribution in [0.4, 0.5) is 0 Å². The van der Waals surface area contributed by atoms with Crippen LogP contribution in [0.15, 0.2) is 0 Å². The van der Waals surface area contributed by atoms with Gasteiger partial charge in [-0.15, -0.1) is 0 Å². The van der Waals surface area contributed by atoms with Crippen molar-refractivity contribution in [2.24, 2.45) is 40.2 Å². The second-order valence-corrected chi connectivity index (χ2v) is 9.94. The van der Waals surface area contributed by atoms with E-state index in [1.54, 1.807) is 0 Å². The number of aliphatic carboxylic acids is 1. The molecule has 8 atom stereocenters. The van der Waals surface area contributed by atoms with E-state index in [2.05, 4.69) is 13.8 Å². The van der Waals surface area contributed by atoms with Gasteiger partial charge in [0.05, 0.1) is 12.0 Å². The number of aliphatic hydroxyl groups excluding tert-OH is 1. The summed E-state index contributed by atoms with van der Waals surface area (Å²) in [5, 5.41) is 19.9. The number of carboxylic acids is 1. The number of carboxylic acid groups (broad SMARTS) is 1. The molecule has 4 N–H and O–H groups in total. The summed E-state index contributed by atoms with van der Waals surface area (Å²) in [5.41, 5.74) is 7.34. The molecule has 4 aliphatic carbocycles. The zero-order chi connectivity index (χ0) is 17.3. The second-order valence-electron chi connectivity index (χ2n) is 9.94. The Kier molecular flexibility index (Phi) is 3.65. The average molecular weight is 335 g/mol. The zero-order valence-corrected chi connectivity index (χ0v) is 15.1. The first-order chi connectivity index (χ1) is 11.2. The van der Waals surface area contributed by atoms with Gasteiger partial charge in [0, 0.05) is 5.54 Å². The predicted octanol–water partition coefficient (Wildman–Crippen LogP) is 3.17. The van der Waals surface area contributed by atoms with Crippen LogP contribution in [0.2, 0.25) is 0 Å². The summed E-state index contributed by atoms with van der Waals surface area (Å²) >= 11 is 0. The van der Waals surface area contributed by atoms with Crippen molar-refractivity contribution in [3.8, 4) is 0 Å². The van der Waals surface area contributed by atoms with E-state index in [1.165, 1.54) is 32.1 Å². The molecule has 3 unspecified atom stereocenters. The van der Waals surface area contributed by atoms with Gasteiger partial charge in [0.1, 0.15) is 0 Å². The highest BCUT2D eigenvalue weighted by molar-refractivity contribution is 5.71. The van der Waals surface area contributed by atoms with Crippen LogP contribution in [0.3, 0.4) is 0 Å². The van der Waals surface area contributed by atoms with Gasteiger partial charge in [-0.1, -0.05) is 20.3 Å². The van der Waals surface area contributed by atoms with E-state index in [1.807, 2.05) is 0 Å². The van der Waals surface area contributed by atoms with E-state index in [0.717, 1.165) is 12.8 Å². The number of carbonyl (C=O) groups is 1. The minimum absolute atomic E-state index is 0.0293. The number of nitrogens with two attached hydrogens (primary N) is 1. The Morgan fingerprint density at radius 1 is 1.08 bits per heavy atom. The number of hydrogen-bond acceptors (Lipinski definition) is 3. The van der Waals surface area contributed by atoms with Crippen molar-refractivity contribution >= 4 is 5.97 Å². The zero-order valence-electron chi connectivity index (χ0n) is 15.1. The third-order valence-electron chi connectivity index (χ3n) is 9.17. The molecule has 4 saturated carbocycles. The normalized spacial score (nSPS) is 56.9. The Bertz CT molecular complexity index is 551. The summed E-state index contributed by atoms with van der Waals surface area (Å²) in [6.45, 7) is 4.71. The lowest BCUT2D eigenvalue weighted by atomic mass is 9.42. The molecular weight excluding hydrogens is 302 g/mol. The largest absolute Gasteiger partial charge is 0.481 e. The highest BCUT2D eigenvalue weighted by Gasteiger charge is 2.64. The quantitative estimate of drug-likeness (QED) is 0.687. The molecule has 136 valence electrons. The molecule has 4 rings (SSSR count). The molecule has 0 spiro atoms. The van der Waals surface area contributed by atoms with Crippen LogP contribution in [0.1, 0.15) is 71.6 Å². The van der Waals surface area contributed by atoms with Crippen LogP contribution in [-0.2, 0) is 4.79 Å². The Hall–Kier alpha value is -0.610. The van der Waals surface area contributed by atoms with Crippen molar-refractivity contribution in [1.82, 2.24) is 0 Å². The average Bonchev–Trinajstić information content (AvgIpc) is 2.83. The molecular formula is C20H33NO3. The van der Waals surface area contributed by atoms with E-state index >= 15 is 0 Å². The lowest BCUT2D eigenvalue weighted by Crippen LogP contribution is -2.66. The predicted molar refractivity (Wildman–Crippen MR) is 92.3 cm³/mol. The molecule has 0 heterocycles. The molecule has 0 aromatic carbocycles. The van der Waals surface area contributed by atoms with Crippen LogP contribution in [0.5, 0.6) is 0 Å². The third kappa shape index (κ3) is 2.02. The van der Waals surface area contributed by atoms with Gasteiger partial charge in [-0.25, -0.2) is 0 Å². The van der Waals surface area contributed by atoms with Crippen molar-refractivity contribution in [2.75, 3.05) is 0 Å². The molecule has 0 amide bonds. The molecule has 4 heteroatoms. The maximum atomic E-state index is 11.7. The first kappa shape index (κ1) is 16.8. The Labute approximate surface area is 145 Å². The van der Waals surface area contributed by atoms with Gasteiger partial charge < -0.3 is 15.9 Å². The van der Waals surface area contributed by atoms with Crippen molar-refractivity contribution in [1.29, 1.82) is 0 Å². The van der Waals surface area contributed by atoms with Gasteiger partial charge in [-0.05, 0) is 80.0 Å². The fraction of sp³-hybridized carbons (Fsp3) is 0.950. The maximum Gasteiger partial charge on any atom is 0.309 e. The van der Waals surface area contributed by atoms with Gasteiger partial charge in [0.15, 0.2) is 0 Å². The maximum absolute atomic E-state index is 11.7. The Morgan fingerprint density at radius 2 is 1.83 bits per heavy atom. The Morgan fingerprint density at radius 3 is 2.54 bits per heavy atom. The molecule has 0 aromatic rings. The SMILES string of the molecule is C[C@@]12CCC[C@@]1(N)[C@@H]1CCC3CC(O)C(C(=O)O)C[C@]3(C)[C@@H]1CC2. The van der Waals surface area contributed by atoms with Gasteiger partial charge >= 0.3 is 5.97 Å². The summed E-state index contributed by atoms with van der Waals surface area (Å²) in [6, 6.07) is 0. The van der Waals surface area contributed by atoms with E-state index in [0.29, 0.717) is 30.6 Å². The topological polar surface area (TPSA) is 83.5 Å². The summed E-state index contributed by atoms with van der Waals surface area (Å²) in [7, 11) is 0. The lowest BCUT2D eigenvalue weighted by Gasteiger charge is -2.64. The van der Waals surface area contributed by atoms with Crippen LogP contribution < -0.4 is 5.73 Å². The number of fused-ring (bicyclic) bond motifs is 5. The second kappa shape index (κ2) is 5.20. The molecule has 0 aromatic heterocycles. The summed E-state index contributed by atoms with van der Waals surface area (Å²) < 4.78 is 0. The minimum Gasteiger partial charge on any atom is -0.481 e. The van der Waals surface area contributed by atoms with Crippen LogP contribution in [0, 0.1) is 34.5 Å². The molecule has 4 nitrogen and oxygen atoms in total. The van der Waals surface area contributed by atoms with Crippen molar-refractivity contribution < 1.29 is 15.0 Å². The highest BCUT2D eigenvalue weighted by atomic mass is 16.4. The minimum atomic E-state index is -0.826. The van der Waals surface area contributed by atoms with Gasteiger partial charge in [0.25, 0.3) is 0 Å². The molecule has 24 heavy (non-hydrogen) atoms. The molecule has 0 aliphatic heterocycles. The van der Waals surface area contributed by atoms with Crippen molar-refractivity contribution in [3.63, 3.8) is 0 Å². The van der Waals surface area contributed by atoms with Crippen molar-refractivity contribution in [3.05, 3.63) is 0 Å². The van der Waals surface area contributed by atoms with Crippen LogP contribution >= 0.6 is 0 Å². The van der Waals surface area contributed by atoms with Gasteiger partial charge in [0.2, 0.25) is 0 Å². The number of rotatable bonds is 1. The first-order valence-corrected chi connectivity index (χ1v) is 9.91. The first-order valence-electron chi connectivity index (χ1n) is 9.91. The molecule has 4 aliphatic rings. The lowest BCUT2D eigenvalue weighted by molar-refractivity contribution is -0.169. The van der Waals surface area contributed by atoms with Crippen molar-refractivity contribution in [2.45, 2.75) is 83.3 Å². The number of aliphatic hydroxyl groups is 1. The van der Waals surface area contributed by atoms with Gasteiger partial charge in [-0.2, -0.15) is 0 Å². The van der Waals surface area contributed by atoms with Crippen LogP contribution in [0.25, 0.3) is 0 Å². The summed E-state index contributed by atoms with van der Waals surface area (Å²) in [5.74, 6) is 0.0917. The standard InChI is InChI=1S/C20H33NO3/c1-18-7-3-8-20(18,21)15-5-4-12-10-16(22)13(17(23)24)11-19(12,2)14(15)6-9-18/h12-16,22H,3-11,21H2,1-2H3,(H,23,24)/t12?,13?,14-,15-,16?,18+,19+,20-/m1/s1. The Balaban J connectivity index is 1.68. The fourth-order valence-electron chi connectivity index (χ4n) is 7.61. The third-order valence-corrected chi connectivity index (χ3v) is 9.17. The molecule has 0 saturated heterocycles. The summed E-state index contributed by atoms with van der Waals surface area (Å²) in [6.07, 6.45) is 8.89. The van der Waals surface area contributed by atoms with E-state index in [-0.39, 0.29) is 16.4 Å². The summed E-state index contributed by atoms with van der Waals surface area (Å²) in [4.78, 5) is 11.7. The molecule has 0 bridgehead atoms. The van der Waals surface area contributed by atoms with E-state index in [4.69, 9.17) is 5.73 Å². The molecule has 0 radical (unpaired) electrons. The highest BCUT2D eigenvalue weighted by Crippen LogP contribution is 2.67. The number of hydrogen-bond donors (Lipinski definition) is 3. The smallest absolute Gasteiger partial charge is 0.309 e. The monoisotopic (exact) mass is 335 g/mol. The van der Waals surface area contributed by atoms with Gasteiger partial charge in [-0.3, -0.25) is 4.79 Å².